The van der Waals surface area contributed by atoms with Gasteiger partial charge < -0.3 is 9.72 Å². The predicted molar refractivity (Wildman–Crippen MR) is 63.2 cm³/mol. The largest absolute Gasteiger partial charge is 0.475 e. The third kappa shape index (κ3) is 2.40. The highest BCUT2D eigenvalue weighted by atomic mass is 16.5. The molecule has 0 fully saturated rings. The van der Waals surface area contributed by atoms with Crippen molar-refractivity contribution in [3.8, 4) is 5.88 Å². The Morgan fingerprint density at radius 3 is 2.87 bits per heavy atom. The van der Waals surface area contributed by atoms with Crippen LogP contribution in [-0.2, 0) is 0 Å². The summed E-state index contributed by atoms with van der Waals surface area (Å²) in [6, 6.07) is 10.2. The van der Waals surface area contributed by atoms with Gasteiger partial charge in [-0.1, -0.05) is 23.8 Å². The van der Waals surface area contributed by atoms with E-state index in [0.29, 0.717) is 6.61 Å². The normalized spacial score (nSPS) is 10.3. The average Bonchev–Trinajstić information content (AvgIpc) is 2.59. The molecule has 0 atom stereocenters. The van der Waals surface area contributed by atoms with E-state index in [2.05, 4.69) is 31.0 Å². The van der Waals surface area contributed by atoms with Gasteiger partial charge in [0.15, 0.2) is 5.88 Å². The number of fused-ring (bicyclic) bond motifs is 1. The fourth-order valence-corrected chi connectivity index (χ4v) is 1.42. The number of hydrogen-bond acceptors (Lipinski definition) is 1. The van der Waals surface area contributed by atoms with Gasteiger partial charge in [-0.3, -0.25) is 0 Å². The maximum atomic E-state index is 5.57. The van der Waals surface area contributed by atoms with Crippen molar-refractivity contribution in [3.05, 3.63) is 42.0 Å². The van der Waals surface area contributed by atoms with Crippen molar-refractivity contribution in [2.75, 3.05) is 6.61 Å². The summed E-state index contributed by atoms with van der Waals surface area (Å²) in [5, 5.41) is 1.18. The molecular formula is C13H15NO. The van der Waals surface area contributed by atoms with E-state index in [1.807, 2.05) is 24.3 Å². The monoisotopic (exact) mass is 201 g/mol. The molecule has 0 aliphatic heterocycles. The van der Waals surface area contributed by atoms with E-state index in [-0.39, 0.29) is 0 Å². The number of aromatic nitrogens is 1. The van der Waals surface area contributed by atoms with E-state index in [1.165, 1.54) is 11.0 Å². The lowest BCUT2D eigenvalue weighted by Crippen LogP contribution is -1.93. The van der Waals surface area contributed by atoms with Crippen molar-refractivity contribution in [3.63, 3.8) is 0 Å². The molecule has 0 aliphatic carbocycles. The number of rotatable bonds is 3. The number of aromatic amines is 1. The molecule has 1 aromatic carbocycles. The third-order valence-electron chi connectivity index (χ3n) is 2.24. The molecule has 15 heavy (non-hydrogen) atoms. The Bertz CT molecular complexity index is 445. The fourth-order valence-electron chi connectivity index (χ4n) is 1.42. The standard InChI is InChI=1S/C13H15NO/c1-10(2)7-8-15-13-9-11-5-3-4-6-12(11)14-13/h3-7,9,14H,8H2,1-2H3. The van der Waals surface area contributed by atoms with E-state index in [0.717, 1.165) is 11.4 Å². The summed E-state index contributed by atoms with van der Waals surface area (Å²) in [4.78, 5) is 3.22. The van der Waals surface area contributed by atoms with Crippen LogP contribution < -0.4 is 4.74 Å². The molecule has 0 saturated heterocycles. The second kappa shape index (κ2) is 4.22. The average molecular weight is 201 g/mol. The molecule has 0 aliphatic rings. The summed E-state index contributed by atoms with van der Waals surface area (Å²) < 4.78 is 5.57. The van der Waals surface area contributed by atoms with E-state index < -0.39 is 0 Å². The maximum absolute atomic E-state index is 5.57. The molecule has 0 radical (unpaired) electrons. The number of para-hydroxylation sites is 1. The molecule has 1 N–H and O–H groups in total. The summed E-state index contributed by atoms with van der Waals surface area (Å²) in [6.07, 6.45) is 2.06. The first-order valence-electron chi connectivity index (χ1n) is 5.09. The maximum Gasteiger partial charge on any atom is 0.192 e. The lowest BCUT2D eigenvalue weighted by Gasteiger charge is -1.98. The van der Waals surface area contributed by atoms with Gasteiger partial charge in [0.2, 0.25) is 0 Å². The topological polar surface area (TPSA) is 25.0 Å². The summed E-state index contributed by atoms with van der Waals surface area (Å²) in [6.45, 7) is 4.75. The van der Waals surface area contributed by atoms with Gasteiger partial charge in [-0.05, 0) is 26.0 Å². The Morgan fingerprint density at radius 1 is 1.33 bits per heavy atom. The minimum absolute atomic E-state index is 0.620. The Balaban J connectivity index is 2.12. The summed E-state index contributed by atoms with van der Waals surface area (Å²) in [5.74, 6) is 0.828. The third-order valence-corrected chi connectivity index (χ3v) is 2.24. The molecular weight excluding hydrogens is 186 g/mol. The van der Waals surface area contributed by atoms with Crippen LogP contribution in [0.5, 0.6) is 5.88 Å². The zero-order chi connectivity index (χ0) is 10.7. The van der Waals surface area contributed by atoms with Crippen LogP contribution in [-0.4, -0.2) is 11.6 Å². The van der Waals surface area contributed by atoms with Crippen molar-refractivity contribution >= 4 is 10.9 Å². The molecule has 1 aromatic heterocycles. The van der Waals surface area contributed by atoms with Crippen LogP contribution in [0.25, 0.3) is 10.9 Å². The van der Waals surface area contributed by atoms with Crippen molar-refractivity contribution in [1.29, 1.82) is 0 Å². The van der Waals surface area contributed by atoms with Gasteiger partial charge in [0.25, 0.3) is 0 Å². The highest BCUT2D eigenvalue weighted by molar-refractivity contribution is 5.81. The summed E-state index contributed by atoms with van der Waals surface area (Å²) in [7, 11) is 0. The van der Waals surface area contributed by atoms with Crippen molar-refractivity contribution in [2.24, 2.45) is 0 Å². The molecule has 78 valence electrons. The van der Waals surface area contributed by atoms with E-state index in [1.54, 1.807) is 0 Å². The highest BCUT2D eigenvalue weighted by Gasteiger charge is 1.98. The number of H-pyrrole nitrogens is 1. The second-order valence-corrected chi connectivity index (χ2v) is 3.81. The van der Waals surface area contributed by atoms with Crippen molar-refractivity contribution in [1.82, 2.24) is 4.98 Å². The first-order valence-corrected chi connectivity index (χ1v) is 5.09. The molecule has 2 nitrogen and oxygen atoms in total. The summed E-state index contributed by atoms with van der Waals surface area (Å²) in [5.41, 5.74) is 2.39. The van der Waals surface area contributed by atoms with Crippen molar-refractivity contribution < 1.29 is 4.74 Å². The first kappa shape index (κ1) is 9.84. The smallest absolute Gasteiger partial charge is 0.192 e. The first-order chi connectivity index (χ1) is 7.25. The van der Waals surface area contributed by atoms with E-state index in [4.69, 9.17) is 4.74 Å². The Kier molecular flexibility index (Phi) is 2.77. The van der Waals surface area contributed by atoms with E-state index >= 15 is 0 Å². The van der Waals surface area contributed by atoms with Gasteiger partial charge in [-0.25, -0.2) is 0 Å². The highest BCUT2D eigenvalue weighted by Crippen LogP contribution is 2.19. The molecule has 0 spiro atoms. The molecule has 2 rings (SSSR count). The molecule has 0 saturated carbocycles. The van der Waals surface area contributed by atoms with Gasteiger partial charge in [0.05, 0.1) is 0 Å². The number of hydrogen-bond donors (Lipinski definition) is 1. The van der Waals surface area contributed by atoms with Crippen LogP contribution in [0.15, 0.2) is 42.0 Å². The van der Waals surface area contributed by atoms with Crippen LogP contribution in [0.2, 0.25) is 0 Å². The zero-order valence-corrected chi connectivity index (χ0v) is 9.08. The van der Waals surface area contributed by atoms with Crippen LogP contribution in [0.1, 0.15) is 13.8 Å². The van der Waals surface area contributed by atoms with Crippen molar-refractivity contribution in [2.45, 2.75) is 13.8 Å². The molecule has 1 heterocycles. The number of nitrogens with one attached hydrogen (secondary N) is 1. The minimum Gasteiger partial charge on any atom is -0.475 e. The molecule has 0 amide bonds. The zero-order valence-electron chi connectivity index (χ0n) is 9.08. The molecule has 2 heteroatoms. The number of ether oxygens (including phenoxy) is 1. The second-order valence-electron chi connectivity index (χ2n) is 3.81. The van der Waals surface area contributed by atoms with Crippen LogP contribution in [0.4, 0.5) is 0 Å². The van der Waals surface area contributed by atoms with E-state index in [9.17, 15) is 0 Å². The molecule has 0 bridgehead atoms. The summed E-state index contributed by atoms with van der Waals surface area (Å²) >= 11 is 0. The fraction of sp³-hybridized carbons (Fsp3) is 0.231. The predicted octanol–water partition coefficient (Wildman–Crippen LogP) is 3.51. The quantitative estimate of drug-likeness (QED) is 0.755. The minimum atomic E-state index is 0.620. The van der Waals surface area contributed by atoms with Crippen LogP contribution in [0, 0.1) is 0 Å². The van der Waals surface area contributed by atoms with Gasteiger partial charge in [0.1, 0.15) is 6.61 Å². The van der Waals surface area contributed by atoms with Gasteiger partial charge in [0, 0.05) is 17.0 Å². The van der Waals surface area contributed by atoms with Crippen LogP contribution in [0.3, 0.4) is 0 Å². The van der Waals surface area contributed by atoms with Gasteiger partial charge in [-0.15, -0.1) is 0 Å². The SMILES string of the molecule is CC(C)=CCOc1cc2ccccc2[nH]1. The molecule has 2 aromatic rings. The Morgan fingerprint density at radius 2 is 2.13 bits per heavy atom. The Hall–Kier alpha value is -1.70. The van der Waals surface area contributed by atoms with Crippen LogP contribution >= 0.6 is 0 Å². The van der Waals surface area contributed by atoms with Gasteiger partial charge in [-0.2, -0.15) is 0 Å². The van der Waals surface area contributed by atoms with Gasteiger partial charge >= 0.3 is 0 Å². The Labute approximate surface area is 89.6 Å². The number of benzene rings is 1. The molecule has 0 unspecified atom stereocenters. The lowest BCUT2D eigenvalue weighted by atomic mass is 10.3. The lowest BCUT2D eigenvalue weighted by molar-refractivity contribution is 0.350. The number of allylic oxidation sites excluding steroid dienone is 1.